The van der Waals surface area contributed by atoms with Crippen molar-refractivity contribution in [1.29, 1.82) is 0 Å². The van der Waals surface area contributed by atoms with Crippen LogP contribution in [0.25, 0.3) is 0 Å². The number of piperazine rings is 1. The predicted molar refractivity (Wildman–Crippen MR) is 122 cm³/mol. The molecule has 1 fully saturated rings. The minimum atomic E-state index is -1.12. The van der Waals surface area contributed by atoms with Crippen molar-refractivity contribution in [3.05, 3.63) is 59.9 Å². The van der Waals surface area contributed by atoms with Gasteiger partial charge in [-0.25, -0.2) is 9.38 Å². The summed E-state index contributed by atoms with van der Waals surface area (Å²) in [5.41, 5.74) is 1.19. The van der Waals surface area contributed by atoms with Gasteiger partial charge >= 0.3 is 5.97 Å². The standard InChI is InChI=1S/C24H27FN4O4/c1-3-33-23(31)20-21(16-8-4-7-11-19(16)32-2)26-24(27-22(20)30)29-14-12-28(13-15-29)18-10-6-5-9-17(18)25/h4-11,20-21H,3,12-15H2,1-2H3,(H,26,27,30)/t20-,21+/m1/s1. The van der Waals surface area contributed by atoms with E-state index in [0.717, 1.165) is 0 Å². The number of hydrogen-bond donors (Lipinski definition) is 1. The molecule has 33 heavy (non-hydrogen) atoms. The average Bonchev–Trinajstić information content (AvgIpc) is 2.84. The van der Waals surface area contributed by atoms with Gasteiger partial charge in [-0.15, -0.1) is 0 Å². The zero-order chi connectivity index (χ0) is 23.4. The molecule has 2 aromatic carbocycles. The zero-order valence-corrected chi connectivity index (χ0v) is 18.7. The van der Waals surface area contributed by atoms with Gasteiger partial charge in [-0.2, -0.15) is 0 Å². The first-order valence-electron chi connectivity index (χ1n) is 11.0. The molecule has 9 heteroatoms. The number of benzene rings is 2. The van der Waals surface area contributed by atoms with E-state index < -0.39 is 23.8 Å². The van der Waals surface area contributed by atoms with Gasteiger partial charge in [0.05, 0.1) is 19.4 Å². The van der Waals surface area contributed by atoms with E-state index in [2.05, 4.69) is 5.32 Å². The summed E-state index contributed by atoms with van der Waals surface area (Å²) in [4.78, 5) is 34.4. The highest BCUT2D eigenvalue weighted by Gasteiger charge is 2.43. The number of carbonyl (C=O) groups is 2. The van der Waals surface area contributed by atoms with Crippen molar-refractivity contribution in [1.82, 2.24) is 10.2 Å². The van der Waals surface area contributed by atoms with Gasteiger partial charge in [0.15, 0.2) is 5.92 Å². The van der Waals surface area contributed by atoms with Crippen molar-refractivity contribution in [3.8, 4) is 5.75 Å². The fourth-order valence-corrected chi connectivity index (χ4v) is 4.23. The molecule has 2 atom stereocenters. The maximum atomic E-state index is 14.2. The molecule has 0 bridgehead atoms. The van der Waals surface area contributed by atoms with Gasteiger partial charge in [0.2, 0.25) is 11.9 Å². The van der Waals surface area contributed by atoms with Gasteiger partial charge < -0.3 is 19.3 Å². The van der Waals surface area contributed by atoms with E-state index in [4.69, 9.17) is 14.5 Å². The van der Waals surface area contributed by atoms with Crippen LogP contribution in [0.4, 0.5) is 10.1 Å². The summed E-state index contributed by atoms with van der Waals surface area (Å²) < 4.78 is 24.8. The molecule has 0 unspecified atom stereocenters. The molecule has 174 valence electrons. The fourth-order valence-electron chi connectivity index (χ4n) is 4.23. The Balaban J connectivity index is 1.60. The first-order chi connectivity index (χ1) is 16.0. The summed E-state index contributed by atoms with van der Waals surface area (Å²) in [6.07, 6.45) is 0. The Bertz CT molecular complexity index is 1050. The van der Waals surface area contributed by atoms with Gasteiger partial charge in [0.25, 0.3) is 0 Å². The molecule has 2 heterocycles. The van der Waals surface area contributed by atoms with Crippen molar-refractivity contribution >= 4 is 23.5 Å². The number of nitrogens with one attached hydrogen (secondary N) is 1. The SMILES string of the molecule is CCOC(=O)[C@H]1C(=O)NC(N2CCN(c3ccccc3F)CC2)=N[C@H]1c1ccccc1OC. The average molecular weight is 455 g/mol. The summed E-state index contributed by atoms with van der Waals surface area (Å²) in [6.45, 7) is 4.07. The van der Waals surface area contributed by atoms with Crippen LogP contribution in [0.2, 0.25) is 0 Å². The van der Waals surface area contributed by atoms with E-state index in [-0.39, 0.29) is 12.4 Å². The molecular weight excluding hydrogens is 427 g/mol. The monoisotopic (exact) mass is 454 g/mol. The number of anilines is 1. The number of halogens is 1. The number of methoxy groups -OCH3 is 1. The Morgan fingerprint density at radius 3 is 2.45 bits per heavy atom. The van der Waals surface area contributed by atoms with E-state index in [1.807, 2.05) is 28.0 Å². The highest BCUT2D eigenvalue weighted by atomic mass is 19.1. The molecule has 8 nitrogen and oxygen atoms in total. The second-order valence-electron chi connectivity index (χ2n) is 7.78. The summed E-state index contributed by atoms with van der Waals surface area (Å²) in [5.74, 6) is -1.54. The molecular formula is C24H27FN4O4. The second-order valence-corrected chi connectivity index (χ2v) is 7.78. The van der Waals surface area contributed by atoms with E-state index in [1.54, 1.807) is 31.2 Å². The first-order valence-corrected chi connectivity index (χ1v) is 11.0. The summed E-state index contributed by atoms with van der Waals surface area (Å²) in [6, 6.07) is 13.1. The minimum absolute atomic E-state index is 0.163. The molecule has 1 saturated heterocycles. The number of esters is 1. The third-order valence-electron chi connectivity index (χ3n) is 5.87. The molecule has 2 aliphatic rings. The summed E-state index contributed by atoms with van der Waals surface area (Å²) in [7, 11) is 1.54. The van der Waals surface area contributed by atoms with Crippen LogP contribution in [0.1, 0.15) is 18.5 Å². The lowest BCUT2D eigenvalue weighted by atomic mass is 9.90. The Kier molecular flexibility index (Phi) is 6.76. The van der Waals surface area contributed by atoms with Crippen LogP contribution in [0.3, 0.4) is 0 Å². The predicted octanol–water partition coefficient (Wildman–Crippen LogP) is 2.36. The van der Waals surface area contributed by atoms with Crippen LogP contribution in [0.15, 0.2) is 53.5 Å². The third-order valence-corrected chi connectivity index (χ3v) is 5.87. The molecule has 0 saturated carbocycles. The van der Waals surface area contributed by atoms with E-state index >= 15 is 0 Å². The molecule has 1 N–H and O–H groups in total. The molecule has 0 aromatic heterocycles. The van der Waals surface area contributed by atoms with Crippen LogP contribution in [-0.4, -0.2) is 62.6 Å². The van der Waals surface area contributed by atoms with Gasteiger partial charge in [-0.3, -0.25) is 14.9 Å². The summed E-state index contributed by atoms with van der Waals surface area (Å²) in [5, 5.41) is 2.78. The van der Waals surface area contributed by atoms with Gasteiger partial charge in [-0.05, 0) is 25.1 Å². The van der Waals surface area contributed by atoms with Crippen molar-refractivity contribution in [2.75, 3.05) is 44.8 Å². The third kappa shape index (κ3) is 4.62. The number of aliphatic imine (C=N–C) groups is 1. The molecule has 0 aliphatic carbocycles. The topological polar surface area (TPSA) is 83.5 Å². The van der Waals surface area contributed by atoms with Crippen molar-refractivity contribution in [2.24, 2.45) is 10.9 Å². The number of ether oxygens (including phenoxy) is 2. The maximum absolute atomic E-state index is 14.2. The van der Waals surface area contributed by atoms with Crippen LogP contribution in [0, 0.1) is 11.7 Å². The van der Waals surface area contributed by atoms with Gasteiger partial charge in [0, 0.05) is 31.7 Å². The van der Waals surface area contributed by atoms with Crippen LogP contribution >= 0.6 is 0 Å². The second kappa shape index (κ2) is 9.89. The number of amides is 1. The fraction of sp³-hybridized carbons (Fsp3) is 0.375. The van der Waals surface area contributed by atoms with E-state index in [0.29, 0.717) is 49.1 Å². The lowest BCUT2D eigenvalue weighted by Gasteiger charge is -2.39. The Morgan fingerprint density at radius 1 is 1.09 bits per heavy atom. The minimum Gasteiger partial charge on any atom is -0.496 e. The quantitative estimate of drug-likeness (QED) is 0.552. The number of nitrogens with zero attached hydrogens (tertiary/aromatic N) is 3. The highest BCUT2D eigenvalue weighted by Crippen LogP contribution is 2.36. The number of carbonyl (C=O) groups excluding carboxylic acids is 2. The molecule has 2 aromatic rings. The number of hydrogen-bond acceptors (Lipinski definition) is 7. The molecule has 2 aliphatic heterocycles. The zero-order valence-electron chi connectivity index (χ0n) is 18.7. The summed E-state index contributed by atoms with van der Waals surface area (Å²) >= 11 is 0. The number of guanidine groups is 1. The Hall–Kier alpha value is -3.62. The van der Waals surface area contributed by atoms with Crippen molar-refractivity contribution < 1.29 is 23.5 Å². The first kappa shape index (κ1) is 22.6. The van der Waals surface area contributed by atoms with E-state index in [9.17, 15) is 14.0 Å². The van der Waals surface area contributed by atoms with Crippen molar-refractivity contribution in [3.63, 3.8) is 0 Å². The largest absolute Gasteiger partial charge is 0.496 e. The molecule has 1 amide bonds. The van der Waals surface area contributed by atoms with Gasteiger partial charge in [0.1, 0.15) is 17.6 Å². The number of rotatable bonds is 5. The number of para-hydroxylation sites is 2. The normalized spacial score (nSPS) is 20.7. The van der Waals surface area contributed by atoms with Crippen LogP contribution in [0.5, 0.6) is 5.75 Å². The molecule has 0 spiro atoms. The lowest BCUT2D eigenvalue weighted by Crippen LogP contribution is -2.57. The Morgan fingerprint density at radius 2 is 1.76 bits per heavy atom. The van der Waals surface area contributed by atoms with Crippen LogP contribution in [-0.2, 0) is 14.3 Å². The smallest absolute Gasteiger partial charge is 0.321 e. The molecule has 4 rings (SSSR count). The van der Waals surface area contributed by atoms with Crippen LogP contribution < -0.4 is 15.0 Å². The lowest BCUT2D eigenvalue weighted by molar-refractivity contribution is -0.153. The highest BCUT2D eigenvalue weighted by molar-refractivity contribution is 6.08. The Labute approximate surface area is 192 Å². The maximum Gasteiger partial charge on any atom is 0.321 e. The van der Waals surface area contributed by atoms with E-state index in [1.165, 1.54) is 13.2 Å². The van der Waals surface area contributed by atoms with Crippen molar-refractivity contribution in [2.45, 2.75) is 13.0 Å². The molecule has 0 radical (unpaired) electrons. The van der Waals surface area contributed by atoms with Gasteiger partial charge in [-0.1, -0.05) is 30.3 Å².